The first kappa shape index (κ1) is 11.4. The van der Waals surface area contributed by atoms with Gasteiger partial charge in [0.15, 0.2) is 11.6 Å². The molecule has 0 aliphatic heterocycles. The first-order valence-electron chi connectivity index (χ1n) is 4.20. The molecule has 0 aromatic heterocycles. The van der Waals surface area contributed by atoms with Crippen LogP contribution in [0, 0.1) is 24.4 Å². The van der Waals surface area contributed by atoms with E-state index < -0.39 is 23.4 Å². The lowest BCUT2D eigenvalue weighted by atomic mass is 10.00. The molecule has 78 valence electrons. The third-order valence-corrected chi connectivity index (χ3v) is 2.54. The summed E-state index contributed by atoms with van der Waals surface area (Å²) in [6.07, 6.45) is 0. The monoisotopic (exact) mass is 222 g/mol. The summed E-state index contributed by atoms with van der Waals surface area (Å²) < 4.78 is 39.9. The maximum Gasteiger partial charge on any atom is 0.165 e. The lowest BCUT2D eigenvalue weighted by molar-refractivity contribution is 0.467. The van der Waals surface area contributed by atoms with E-state index in [-0.39, 0.29) is 16.1 Å². The van der Waals surface area contributed by atoms with Gasteiger partial charge in [0.1, 0.15) is 5.82 Å². The van der Waals surface area contributed by atoms with Crippen LogP contribution >= 0.6 is 11.6 Å². The molecular weight excluding hydrogens is 213 g/mol. The van der Waals surface area contributed by atoms with Gasteiger partial charge in [0.25, 0.3) is 0 Å². The highest BCUT2D eigenvalue weighted by atomic mass is 35.5. The van der Waals surface area contributed by atoms with Crippen LogP contribution < -0.4 is 0 Å². The fourth-order valence-electron chi connectivity index (χ4n) is 1.27. The van der Waals surface area contributed by atoms with Crippen LogP contribution in [0.3, 0.4) is 0 Å². The van der Waals surface area contributed by atoms with Crippen LogP contribution in [-0.4, -0.2) is 0 Å². The normalized spacial score (nSPS) is 11.1. The van der Waals surface area contributed by atoms with Gasteiger partial charge in [-0.25, -0.2) is 13.2 Å². The van der Waals surface area contributed by atoms with Crippen molar-refractivity contribution in [2.45, 2.75) is 26.7 Å². The van der Waals surface area contributed by atoms with Gasteiger partial charge in [-0.2, -0.15) is 0 Å². The van der Waals surface area contributed by atoms with Crippen molar-refractivity contribution in [2.75, 3.05) is 0 Å². The fraction of sp³-hybridized carbons (Fsp3) is 0.400. The van der Waals surface area contributed by atoms with Gasteiger partial charge in [0, 0.05) is 11.1 Å². The molecule has 0 saturated heterocycles. The molecule has 14 heavy (non-hydrogen) atoms. The Kier molecular flexibility index (Phi) is 3.10. The van der Waals surface area contributed by atoms with Gasteiger partial charge in [0.05, 0.1) is 5.02 Å². The van der Waals surface area contributed by atoms with E-state index in [2.05, 4.69) is 0 Å². The number of halogens is 4. The molecule has 1 rings (SSSR count). The Morgan fingerprint density at radius 2 is 1.50 bits per heavy atom. The van der Waals surface area contributed by atoms with Gasteiger partial charge in [-0.3, -0.25) is 0 Å². The third kappa shape index (κ3) is 1.61. The van der Waals surface area contributed by atoms with Crippen molar-refractivity contribution in [3.63, 3.8) is 0 Å². The van der Waals surface area contributed by atoms with Crippen molar-refractivity contribution in [1.82, 2.24) is 0 Å². The maximum absolute atomic E-state index is 13.4. The summed E-state index contributed by atoms with van der Waals surface area (Å²) in [7, 11) is 0. The molecule has 0 saturated carbocycles. The highest BCUT2D eigenvalue weighted by molar-refractivity contribution is 6.31. The van der Waals surface area contributed by atoms with Gasteiger partial charge in [-0.15, -0.1) is 0 Å². The molecular formula is C10H10ClF3. The number of hydrogen-bond acceptors (Lipinski definition) is 0. The fourth-order valence-corrected chi connectivity index (χ4v) is 1.45. The molecule has 0 aliphatic rings. The number of benzene rings is 1. The molecule has 0 heterocycles. The standard InChI is InChI=1S/C10H10ClF3/c1-4(2)6-9(13)7(11)5(3)8(12)10(6)14/h4H,1-3H3. The summed E-state index contributed by atoms with van der Waals surface area (Å²) in [6.45, 7) is 4.40. The summed E-state index contributed by atoms with van der Waals surface area (Å²) in [5.74, 6) is -3.51. The van der Waals surface area contributed by atoms with Crippen LogP contribution in [0.15, 0.2) is 0 Å². The van der Waals surface area contributed by atoms with Crippen LogP contribution in [0.5, 0.6) is 0 Å². The smallest absolute Gasteiger partial charge is 0.165 e. The summed E-state index contributed by atoms with van der Waals surface area (Å²) in [5, 5.41) is -0.340. The highest BCUT2D eigenvalue weighted by Gasteiger charge is 2.23. The Morgan fingerprint density at radius 3 is 1.93 bits per heavy atom. The topological polar surface area (TPSA) is 0 Å². The van der Waals surface area contributed by atoms with Gasteiger partial charge in [0.2, 0.25) is 0 Å². The third-order valence-electron chi connectivity index (χ3n) is 2.09. The van der Waals surface area contributed by atoms with E-state index in [1.54, 1.807) is 13.8 Å². The van der Waals surface area contributed by atoms with Crippen LogP contribution in [0.2, 0.25) is 5.02 Å². The molecule has 0 spiro atoms. The van der Waals surface area contributed by atoms with Gasteiger partial charge in [-0.05, 0) is 12.8 Å². The first-order valence-corrected chi connectivity index (χ1v) is 4.58. The molecule has 0 N–H and O–H groups in total. The van der Waals surface area contributed by atoms with Crippen LogP contribution in [0.4, 0.5) is 13.2 Å². The predicted octanol–water partition coefficient (Wildman–Crippen LogP) is 4.19. The van der Waals surface area contributed by atoms with E-state index in [1.807, 2.05) is 0 Å². The van der Waals surface area contributed by atoms with E-state index in [4.69, 9.17) is 11.6 Å². The van der Waals surface area contributed by atoms with E-state index in [0.717, 1.165) is 0 Å². The maximum atomic E-state index is 13.4. The van der Waals surface area contributed by atoms with E-state index in [9.17, 15) is 13.2 Å². The zero-order valence-corrected chi connectivity index (χ0v) is 8.85. The van der Waals surface area contributed by atoms with E-state index in [0.29, 0.717) is 0 Å². The molecule has 0 aliphatic carbocycles. The summed E-state index contributed by atoms with van der Waals surface area (Å²) in [6, 6.07) is 0. The largest absolute Gasteiger partial charge is 0.205 e. The Balaban J connectivity index is 3.60. The van der Waals surface area contributed by atoms with Crippen LogP contribution in [-0.2, 0) is 0 Å². The molecule has 0 radical (unpaired) electrons. The predicted molar refractivity (Wildman–Crippen MR) is 50.2 cm³/mol. The number of hydrogen-bond donors (Lipinski definition) is 0. The van der Waals surface area contributed by atoms with Crippen molar-refractivity contribution in [3.8, 4) is 0 Å². The molecule has 0 nitrogen and oxygen atoms in total. The van der Waals surface area contributed by atoms with Crippen molar-refractivity contribution >= 4 is 11.6 Å². The summed E-state index contributed by atoms with van der Waals surface area (Å²) in [4.78, 5) is 0. The second-order valence-corrected chi connectivity index (χ2v) is 3.83. The molecule has 0 unspecified atom stereocenters. The average molecular weight is 223 g/mol. The van der Waals surface area contributed by atoms with Crippen molar-refractivity contribution < 1.29 is 13.2 Å². The minimum atomic E-state index is -1.14. The Labute approximate surface area is 85.7 Å². The minimum absolute atomic E-state index is 0.189. The Morgan fingerprint density at radius 1 is 1.00 bits per heavy atom. The second kappa shape index (κ2) is 3.81. The van der Waals surface area contributed by atoms with Crippen molar-refractivity contribution in [2.24, 2.45) is 0 Å². The average Bonchev–Trinajstić information content (AvgIpc) is 2.11. The SMILES string of the molecule is Cc1c(F)c(F)c(C(C)C)c(F)c1Cl. The minimum Gasteiger partial charge on any atom is -0.205 e. The lowest BCUT2D eigenvalue weighted by Crippen LogP contribution is -2.04. The van der Waals surface area contributed by atoms with E-state index in [1.165, 1.54) is 6.92 Å². The molecule has 0 amide bonds. The van der Waals surface area contributed by atoms with Crippen molar-refractivity contribution in [1.29, 1.82) is 0 Å². The highest BCUT2D eigenvalue weighted by Crippen LogP contribution is 2.32. The zero-order valence-electron chi connectivity index (χ0n) is 8.09. The molecule has 4 heteroatoms. The molecule has 0 bridgehead atoms. The van der Waals surface area contributed by atoms with Crippen LogP contribution in [0.1, 0.15) is 30.9 Å². The summed E-state index contributed by atoms with van der Waals surface area (Å²) in [5.41, 5.74) is -0.482. The summed E-state index contributed by atoms with van der Waals surface area (Å²) >= 11 is 5.52. The molecule has 1 aromatic rings. The Hall–Kier alpha value is -0.700. The number of rotatable bonds is 1. The van der Waals surface area contributed by atoms with Gasteiger partial charge in [-0.1, -0.05) is 25.4 Å². The first-order chi connectivity index (χ1) is 6.37. The van der Waals surface area contributed by atoms with Crippen LogP contribution in [0.25, 0.3) is 0 Å². The zero-order chi connectivity index (χ0) is 11.0. The molecule has 1 aromatic carbocycles. The van der Waals surface area contributed by atoms with Gasteiger partial charge < -0.3 is 0 Å². The Bertz CT molecular complexity index is 343. The van der Waals surface area contributed by atoms with Crippen molar-refractivity contribution in [3.05, 3.63) is 33.6 Å². The van der Waals surface area contributed by atoms with E-state index >= 15 is 0 Å². The lowest BCUT2D eigenvalue weighted by Gasteiger charge is -2.12. The molecule has 0 atom stereocenters. The second-order valence-electron chi connectivity index (χ2n) is 3.45. The molecule has 0 fully saturated rings. The van der Waals surface area contributed by atoms with Gasteiger partial charge >= 0.3 is 0 Å². The quantitative estimate of drug-likeness (QED) is 0.625.